The molecule has 2 heterocycles. The van der Waals surface area contributed by atoms with Crippen molar-refractivity contribution in [3.05, 3.63) is 107 Å². The highest BCUT2D eigenvalue weighted by Gasteiger charge is 2.57. The van der Waals surface area contributed by atoms with E-state index in [0.717, 1.165) is 24.0 Å². The second-order valence-corrected chi connectivity index (χ2v) is 6.60. The molecule has 0 N–H and O–H groups in total. The first kappa shape index (κ1) is 14.0. The quantitative estimate of drug-likeness (QED) is 0.624. The fourth-order valence-electron chi connectivity index (χ4n) is 4.23. The van der Waals surface area contributed by atoms with E-state index in [1.165, 1.54) is 11.1 Å². The van der Waals surface area contributed by atoms with Gasteiger partial charge in [-0.15, -0.1) is 0 Å². The molecule has 2 aliphatic heterocycles. The summed E-state index contributed by atoms with van der Waals surface area (Å²) < 4.78 is 0. The van der Waals surface area contributed by atoms with Crippen molar-refractivity contribution in [3.8, 4) is 0 Å². The van der Waals surface area contributed by atoms with Crippen molar-refractivity contribution in [2.75, 3.05) is 0 Å². The van der Waals surface area contributed by atoms with E-state index >= 15 is 0 Å². The Morgan fingerprint density at radius 1 is 0.500 bits per heavy atom. The van der Waals surface area contributed by atoms with Gasteiger partial charge >= 0.3 is 0 Å². The Hall–Kier alpha value is -2.42. The van der Waals surface area contributed by atoms with Crippen LogP contribution in [0.2, 0.25) is 0 Å². The Morgan fingerprint density at radius 3 is 1.25 bits per heavy atom. The molecular formula is C22H18O2. The molecule has 2 nitrogen and oxygen atoms in total. The monoisotopic (exact) mass is 314 g/mol. The van der Waals surface area contributed by atoms with Crippen LogP contribution in [0.1, 0.15) is 35.1 Å². The van der Waals surface area contributed by atoms with Gasteiger partial charge in [0.2, 0.25) is 0 Å². The third-order valence-electron chi connectivity index (χ3n) is 5.43. The van der Waals surface area contributed by atoms with Crippen molar-refractivity contribution >= 4 is 0 Å². The summed E-state index contributed by atoms with van der Waals surface area (Å²) in [6.45, 7) is 0. The molecule has 0 saturated carbocycles. The van der Waals surface area contributed by atoms with Gasteiger partial charge in [-0.25, -0.2) is 9.78 Å². The zero-order valence-corrected chi connectivity index (χ0v) is 13.3. The molecule has 6 rings (SSSR count). The second-order valence-electron chi connectivity index (χ2n) is 6.60. The molecule has 2 bridgehead atoms. The Morgan fingerprint density at radius 2 is 0.875 bits per heavy atom. The van der Waals surface area contributed by atoms with Crippen molar-refractivity contribution in [1.82, 2.24) is 0 Å². The van der Waals surface area contributed by atoms with Gasteiger partial charge in [0, 0.05) is 0 Å². The van der Waals surface area contributed by atoms with Crippen LogP contribution in [-0.2, 0) is 21.0 Å². The minimum absolute atomic E-state index is 0.506. The van der Waals surface area contributed by atoms with E-state index in [4.69, 9.17) is 9.78 Å². The predicted octanol–water partition coefficient (Wildman–Crippen LogP) is 4.93. The van der Waals surface area contributed by atoms with E-state index in [1.807, 2.05) is 12.1 Å². The van der Waals surface area contributed by atoms with Gasteiger partial charge in [-0.2, -0.15) is 0 Å². The molecule has 2 heteroatoms. The summed E-state index contributed by atoms with van der Waals surface area (Å²) in [4.78, 5) is 12.3. The van der Waals surface area contributed by atoms with Crippen molar-refractivity contribution in [1.29, 1.82) is 0 Å². The van der Waals surface area contributed by atoms with Gasteiger partial charge in [-0.1, -0.05) is 84.9 Å². The van der Waals surface area contributed by atoms with E-state index in [-0.39, 0.29) is 0 Å². The van der Waals surface area contributed by atoms with Gasteiger partial charge in [0.05, 0.1) is 0 Å². The number of benzene rings is 3. The summed E-state index contributed by atoms with van der Waals surface area (Å²) in [5, 5.41) is 0. The van der Waals surface area contributed by atoms with Crippen molar-refractivity contribution in [3.63, 3.8) is 0 Å². The largest absolute Gasteiger partial charge is 0.219 e. The molecule has 0 spiro atoms. The second kappa shape index (κ2) is 5.04. The van der Waals surface area contributed by atoms with Crippen molar-refractivity contribution in [2.45, 2.75) is 24.0 Å². The highest BCUT2D eigenvalue weighted by molar-refractivity contribution is 5.51. The molecule has 3 aliphatic rings. The Bertz CT molecular complexity index is 788. The lowest BCUT2D eigenvalue weighted by molar-refractivity contribution is -0.443. The van der Waals surface area contributed by atoms with Gasteiger partial charge < -0.3 is 0 Å². The maximum absolute atomic E-state index is 6.13. The summed E-state index contributed by atoms with van der Waals surface area (Å²) in [7, 11) is 0. The number of hydrogen-bond acceptors (Lipinski definition) is 2. The summed E-state index contributed by atoms with van der Waals surface area (Å²) >= 11 is 0. The lowest BCUT2D eigenvalue weighted by atomic mass is 9.66. The Kier molecular flexibility index (Phi) is 2.93. The molecule has 0 amide bonds. The van der Waals surface area contributed by atoms with Gasteiger partial charge in [-0.05, 0) is 35.1 Å². The molecule has 1 fully saturated rings. The smallest absolute Gasteiger partial charge is 0.154 e. The first-order chi connectivity index (χ1) is 11.9. The van der Waals surface area contributed by atoms with Crippen LogP contribution >= 0.6 is 0 Å². The SMILES string of the molecule is c1ccc(C23CCC(c4ccccc4)(OO2)c2ccccc23)cc1. The zero-order valence-electron chi connectivity index (χ0n) is 13.3. The molecule has 118 valence electrons. The summed E-state index contributed by atoms with van der Waals surface area (Å²) in [6.07, 6.45) is 1.81. The maximum Gasteiger partial charge on any atom is 0.154 e. The van der Waals surface area contributed by atoms with Crippen LogP contribution in [0, 0.1) is 0 Å². The molecule has 0 aromatic heterocycles. The molecule has 2 unspecified atom stereocenters. The van der Waals surface area contributed by atoms with Crippen molar-refractivity contribution < 1.29 is 9.78 Å². The first-order valence-corrected chi connectivity index (χ1v) is 8.43. The first-order valence-electron chi connectivity index (χ1n) is 8.43. The van der Waals surface area contributed by atoms with Crippen LogP contribution in [-0.4, -0.2) is 0 Å². The molecule has 1 aliphatic carbocycles. The van der Waals surface area contributed by atoms with E-state index < -0.39 is 11.2 Å². The fraction of sp³-hybridized carbons (Fsp3) is 0.182. The minimum Gasteiger partial charge on any atom is -0.219 e. The molecule has 1 saturated heterocycles. The topological polar surface area (TPSA) is 18.5 Å². The van der Waals surface area contributed by atoms with Crippen LogP contribution in [0.5, 0.6) is 0 Å². The molecule has 0 radical (unpaired) electrons. The number of rotatable bonds is 2. The lowest BCUT2D eigenvalue weighted by Crippen LogP contribution is -2.51. The van der Waals surface area contributed by atoms with E-state index in [2.05, 4.69) is 72.8 Å². The zero-order chi connectivity index (χ0) is 16.0. The van der Waals surface area contributed by atoms with Gasteiger partial charge in [0.25, 0.3) is 0 Å². The van der Waals surface area contributed by atoms with Crippen LogP contribution < -0.4 is 0 Å². The summed E-state index contributed by atoms with van der Waals surface area (Å²) in [6, 6.07) is 29.4. The van der Waals surface area contributed by atoms with E-state index in [9.17, 15) is 0 Å². The normalized spacial score (nSPS) is 27.7. The van der Waals surface area contributed by atoms with Gasteiger partial charge in [-0.3, -0.25) is 0 Å². The number of hydrogen-bond donors (Lipinski definition) is 0. The molecule has 24 heavy (non-hydrogen) atoms. The van der Waals surface area contributed by atoms with Crippen LogP contribution in [0.15, 0.2) is 84.9 Å². The van der Waals surface area contributed by atoms with E-state index in [1.54, 1.807) is 0 Å². The average Bonchev–Trinajstić information content (AvgIpc) is 2.70. The highest BCUT2D eigenvalue weighted by atomic mass is 17.2. The molecule has 2 atom stereocenters. The van der Waals surface area contributed by atoms with Crippen LogP contribution in [0.25, 0.3) is 0 Å². The van der Waals surface area contributed by atoms with Gasteiger partial charge in [0.1, 0.15) is 0 Å². The fourth-order valence-corrected chi connectivity index (χ4v) is 4.23. The maximum atomic E-state index is 6.13. The Labute approximate surface area is 141 Å². The standard InChI is InChI=1S/C22H18O2/c1-3-9-17(10-4-1)21-15-16-22(24-23-21,18-11-5-2-6-12-18)20-14-8-7-13-19(20)21/h1-14H,15-16H2. The number of fused-ring (bicyclic) bond motifs is 2. The highest BCUT2D eigenvalue weighted by Crippen LogP contribution is 2.58. The summed E-state index contributed by atoms with van der Waals surface area (Å²) in [5.41, 5.74) is 3.73. The summed E-state index contributed by atoms with van der Waals surface area (Å²) in [5.74, 6) is 0. The predicted molar refractivity (Wildman–Crippen MR) is 92.3 cm³/mol. The minimum atomic E-state index is -0.506. The van der Waals surface area contributed by atoms with Crippen LogP contribution in [0.4, 0.5) is 0 Å². The molecule has 3 aromatic rings. The third-order valence-corrected chi connectivity index (χ3v) is 5.43. The third kappa shape index (κ3) is 1.73. The molecule has 3 aromatic carbocycles. The molecular weight excluding hydrogens is 296 g/mol. The van der Waals surface area contributed by atoms with Crippen LogP contribution in [0.3, 0.4) is 0 Å². The van der Waals surface area contributed by atoms with Gasteiger partial charge in [0.15, 0.2) is 11.2 Å². The lowest BCUT2D eigenvalue weighted by Gasteiger charge is -2.52. The Balaban J connectivity index is 1.76. The van der Waals surface area contributed by atoms with Crippen molar-refractivity contribution in [2.24, 2.45) is 0 Å². The van der Waals surface area contributed by atoms with E-state index in [0.29, 0.717) is 0 Å². The average molecular weight is 314 g/mol.